The Labute approximate surface area is 163 Å². The lowest BCUT2D eigenvalue weighted by Gasteiger charge is -2.05. The molecule has 28 heavy (non-hydrogen) atoms. The van der Waals surface area contributed by atoms with Gasteiger partial charge in [0.2, 0.25) is 5.91 Å². The largest absolute Gasteiger partial charge is 0.361 e. The van der Waals surface area contributed by atoms with Crippen LogP contribution in [0.2, 0.25) is 0 Å². The lowest BCUT2D eigenvalue weighted by molar-refractivity contribution is -0.124. The summed E-state index contributed by atoms with van der Waals surface area (Å²) in [5, 5.41) is 12.6. The Morgan fingerprint density at radius 1 is 1.04 bits per heavy atom. The molecule has 0 atom stereocenters. The van der Waals surface area contributed by atoms with Crippen molar-refractivity contribution in [3.63, 3.8) is 0 Å². The quantitative estimate of drug-likeness (QED) is 0.276. The van der Waals surface area contributed by atoms with Gasteiger partial charge < -0.3 is 10.3 Å². The van der Waals surface area contributed by atoms with E-state index in [0.717, 1.165) is 23.1 Å². The van der Waals surface area contributed by atoms with Crippen molar-refractivity contribution < 1.29 is 14.8 Å². The van der Waals surface area contributed by atoms with Crippen LogP contribution in [0.1, 0.15) is 23.1 Å². The van der Waals surface area contributed by atoms with Gasteiger partial charge in [0.15, 0.2) is 0 Å². The minimum absolute atomic E-state index is 0.0310. The molecule has 0 spiro atoms. The number of aromatic amines is 1. The van der Waals surface area contributed by atoms with Gasteiger partial charge in [-0.2, -0.15) is 0 Å². The molecule has 0 fully saturated rings. The number of fused-ring (bicyclic) bond motifs is 1. The number of para-hydroxylation sites is 1. The van der Waals surface area contributed by atoms with Gasteiger partial charge in [-0.1, -0.05) is 42.5 Å². The third-order valence-electron chi connectivity index (χ3n) is 4.55. The zero-order valence-electron chi connectivity index (χ0n) is 15.4. The van der Waals surface area contributed by atoms with Crippen molar-refractivity contribution >= 4 is 28.8 Å². The molecule has 0 aliphatic carbocycles. The topological polar surface area (TPSA) is 94.2 Å². The first kappa shape index (κ1) is 19.4. The maximum Gasteiger partial charge on any atom is 0.267 e. The molecule has 2 amide bonds. The lowest BCUT2D eigenvalue weighted by atomic mass is 10.1. The number of carbonyl (C=O) groups excluding carboxylic acids is 2. The second kappa shape index (κ2) is 9.53. The van der Waals surface area contributed by atoms with Crippen molar-refractivity contribution in [2.45, 2.75) is 19.3 Å². The van der Waals surface area contributed by atoms with Gasteiger partial charge in [0.25, 0.3) is 5.91 Å². The van der Waals surface area contributed by atoms with E-state index in [1.54, 1.807) is 11.6 Å². The van der Waals surface area contributed by atoms with Crippen LogP contribution in [0.3, 0.4) is 0 Å². The highest BCUT2D eigenvalue weighted by atomic mass is 16.5. The number of amides is 2. The molecule has 6 nitrogen and oxygen atoms in total. The van der Waals surface area contributed by atoms with Crippen LogP contribution in [-0.4, -0.2) is 28.6 Å². The van der Waals surface area contributed by atoms with E-state index in [0.29, 0.717) is 19.4 Å². The van der Waals surface area contributed by atoms with Crippen LogP contribution < -0.4 is 10.8 Å². The fourth-order valence-electron chi connectivity index (χ4n) is 3.03. The predicted molar refractivity (Wildman–Crippen MR) is 109 cm³/mol. The lowest BCUT2D eigenvalue weighted by Crippen LogP contribution is -2.25. The summed E-state index contributed by atoms with van der Waals surface area (Å²) >= 11 is 0. The van der Waals surface area contributed by atoms with Gasteiger partial charge in [0.05, 0.1) is 0 Å². The molecule has 1 aromatic heterocycles. The average Bonchev–Trinajstić information content (AvgIpc) is 3.14. The highest BCUT2D eigenvalue weighted by Crippen LogP contribution is 2.17. The van der Waals surface area contributed by atoms with E-state index in [9.17, 15) is 9.59 Å². The number of hydrogen-bond acceptors (Lipinski definition) is 3. The van der Waals surface area contributed by atoms with Crippen molar-refractivity contribution in [1.29, 1.82) is 0 Å². The standard InChI is InChI=1S/C22H23N3O3/c26-21(23-14-13-18-15-24-20-4-2-1-3-19(18)20)11-9-16-5-7-17(8-6-16)10-12-22(27)25-28/h1-8,10,12,15,24,28H,9,11,13-14H2,(H,23,26)(H,25,27)/b12-10+. The van der Waals surface area contributed by atoms with Crippen molar-refractivity contribution in [2.75, 3.05) is 6.54 Å². The SMILES string of the molecule is O=C(/C=C/c1ccc(CCC(=O)NCCc2c[nH]c3ccccc23)cc1)NO. The Balaban J connectivity index is 1.41. The molecule has 0 aliphatic rings. The Morgan fingerprint density at radius 2 is 1.82 bits per heavy atom. The Bertz CT molecular complexity index is 974. The molecule has 0 bridgehead atoms. The van der Waals surface area contributed by atoms with E-state index in [2.05, 4.69) is 16.4 Å². The number of H-pyrrole nitrogens is 1. The molecular formula is C22H23N3O3. The molecule has 1 heterocycles. The fourth-order valence-corrected chi connectivity index (χ4v) is 3.03. The first-order valence-electron chi connectivity index (χ1n) is 9.18. The molecule has 2 aromatic carbocycles. The molecular weight excluding hydrogens is 354 g/mol. The maximum absolute atomic E-state index is 12.1. The van der Waals surface area contributed by atoms with Crippen molar-refractivity contribution in [3.05, 3.63) is 77.5 Å². The van der Waals surface area contributed by atoms with Crippen LogP contribution in [0, 0.1) is 0 Å². The summed E-state index contributed by atoms with van der Waals surface area (Å²) in [7, 11) is 0. The monoisotopic (exact) mass is 377 g/mol. The first-order valence-corrected chi connectivity index (χ1v) is 9.18. The molecule has 0 saturated heterocycles. The summed E-state index contributed by atoms with van der Waals surface area (Å²) in [6.07, 6.45) is 6.72. The molecule has 144 valence electrons. The highest BCUT2D eigenvalue weighted by Gasteiger charge is 2.05. The molecule has 3 aromatic rings. The van der Waals surface area contributed by atoms with Crippen LogP contribution in [0.4, 0.5) is 0 Å². The zero-order valence-corrected chi connectivity index (χ0v) is 15.4. The van der Waals surface area contributed by atoms with Crippen LogP contribution in [0.25, 0.3) is 17.0 Å². The third-order valence-corrected chi connectivity index (χ3v) is 4.55. The van der Waals surface area contributed by atoms with E-state index in [1.165, 1.54) is 17.0 Å². The number of rotatable bonds is 8. The molecule has 3 rings (SSSR count). The van der Waals surface area contributed by atoms with Gasteiger partial charge in [-0.25, -0.2) is 5.48 Å². The van der Waals surface area contributed by atoms with Crippen LogP contribution in [-0.2, 0) is 22.4 Å². The second-order valence-corrected chi connectivity index (χ2v) is 6.51. The number of carbonyl (C=O) groups is 2. The number of nitrogens with one attached hydrogen (secondary N) is 3. The number of benzene rings is 2. The second-order valence-electron chi connectivity index (χ2n) is 6.51. The van der Waals surface area contributed by atoms with E-state index in [1.807, 2.05) is 48.7 Å². The highest BCUT2D eigenvalue weighted by molar-refractivity contribution is 5.90. The zero-order chi connectivity index (χ0) is 19.8. The van der Waals surface area contributed by atoms with Crippen molar-refractivity contribution in [2.24, 2.45) is 0 Å². The van der Waals surface area contributed by atoms with Gasteiger partial charge >= 0.3 is 0 Å². The average molecular weight is 377 g/mol. The first-order chi connectivity index (χ1) is 13.7. The number of aromatic nitrogens is 1. The summed E-state index contributed by atoms with van der Waals surface area (Å²) < 4.78 is 0. The van der Waals surface area contributed by atoms with E-state index < -0.39 is 5.91 Å². The number of aryl methyl sites for hydroxylation is 1. The maximum atomic E-state index is 12.1. The van der Waals surface area contributed by atoms with Crippen LogP contribution in [0.15, 0.2) is 60.8 Å². The normalized spacial score (nSPS) is 11.0. The third kappa shape index (κ3) is 5.31. The minimum Gasteiger partial charge on any atom is -0.361 e. The molecule has 0 unspecified atom stereocenters. The van der Waals surface area contributed by atoms with Gasteiger partial charge in [0, 0.05) is 36.1 Å². The van der Waals surface area contributed by atoms with Gasteiger partial charge in [-0.05, 0) is 41.7 Å². The van der Waals surface area contributed by atoms with Crippen molar-refractivity contribution in [1.82, 2.24) is 15.8 Å². The number of hydrogen-bond donors (Lipinski definition) is 4. The summed E-state index contributed by atoms with van der Waals surface area (Å²) in [5.74, 6) is -0.545. The van der Waals surface area contributed by atoms with Gasteiger partial charge in [-0.15, -0.1) is 0 Å². The Morgan fingerprint density at radius 3 is 2.61 bits per heavy atom. The van der Waals surface area contributed by atoms with Gasteiger partial charge in [-0.3, -0.25) is 14.8 Å². The van der Waals surface area contributed by atoms with E-state index >= 15 is 0 Å². The molecule has 0 aliphatic heterocycles. The predicted octanol–water partition coefficient (Wildman–Crippen LogP) is 2.98. The summed E-state index contributed by atoms with van der Waals surface area (Å²) in [6.45, 7) is 0.608. The molecule has 6 heteroatoms. The van der Waals surface area contributed by atoms with Crippen LogP contribution >= 0.6 is 0 Å². The number of hydroxylamine groups is 1. The Hall–Kier alpha value is -3.38. The van der Waals surface area contributed by atoms with Crippen molar-refractivity contribution in [3.8, 4) is 0 Å². The fraction of sp³-hybridized carbons (Fsp3) is 0.182. The molecule has 4 N–H and O–H groups in total. The smallest absolute Gasteiger partial charge is 0.267 e. The van der Waals surface area contributed by atoms with Crippen LogP contribution in [0.5, 0.6) is 0 Å². The minimum atomic E-state index is -0.576. The Kier molecular flexibility index (Phi) is 6.59. The molecule has 0 saturated carbocycles. The van der Waals surface area contributed by atoms with E-state index in [4.69, 9.17) is 5.21 Å². The summed E-state index contributed by atoms with van der Waals surface area (Å²) in [6, 6.07) is 15.7. The summed E-state index contributed by atoms with van der Waals surface area (Å²) in [4.78, 5) is 26.3. The van der Waals surface area contributed by atoms with Gasteiger partial charge in [0.1, 0.15) is 0 Å². The molecule has 0 radical (unpaired) electrons. The van der Waals surface area contributed by atoms with E-state index in [-0.39, 0.29) is 5.91 Å². The summed E-state index contributed by atoms with van der Waals surface area (Å²) in [5.41, 5.74) is 5.75.